The summed E-state index contributed by atoms with van der Waals surface area (Å²) >= 11 is 0. The molecule has 4 bridgehead atoms. The molecular weight excluding hydrogens is 560 g/mol. The Kier molecular flexibility index (Phi) is 10.6. The first-order valence-corrected chi connectivity index (χ1v) is 18.0. The Morgan fingerprint density at radius 2 is 0.500 bits per heavy atom. The van der Waals surface area contributed by atoms with E-state index in [2.05, 4.69) is 141 Å². The van der Waals surface area contributed by atoms with Gasteiger partial charge in [0.2, 0.25) is 0 Å². The van der Waals surface area contributed by atoms with E-state index in [0.717, 1.165) is 26.2 Å². The highest BCUT2D eigenvalue weighted by Crippen LogP contribution is 2.37. The topological polar surface area (TPSA) is 13.0 Å². The standard InChI is InChI=1S/C42H52N4/c1-7-19-35(20-8-1)39-31-44-28-16-6-18-30-46-34-41(37-23-11-3-12-24-37)45(33-42(46)38-25-13-4-14-26-38)29-17-5-15-27-43(39)32-40(44)36-21-9-2-10-22-36/h1-4,7-14,19-26,39-42H,5-6,15-18,27-34H2. The van der Waals surface area contributed by atoms with E-state index in [1.807, 2.05) is 0 Å². The Labute approximate surface area is 277 Å². The second kappa shape index (κ2) is 15.5. The highest BCUT2D eigenvalue weighted by atomic mass is 15.3. The number of rotatable bonds is 4. The van der Waals surface area contributed by atoms with Crippen LogP contribution in [0.15, 0.2) is 121 Å². The molecule has 0 aliphatic carbocycles. The summed E-state index contributed by atoms with van der Waals surface area (Å²) in [6.07, 6.45) is 7.56. The fraction of sp³-hybridized carbons (Fsp3) is 0.429. The number of hydrogen-bond donors (Lipinski definition) is 0. The van der Waals surface area contributed by atoms with Crippen LogP contribution in [0.3, 0.4) is 0 Å². The fourth-order valence-corrected chi connectivity index (χ4v) is 8.43. The van der Waals surface area contributed by atoms with Gasteiger partial charge in [-0.25, -0.2) is 0 Å². The van der Waals surface area contributed by atoms with Crippen LogP contribution >= 0.6 is 0 Å². The molecule has 8 unspecified atom stereocenters. The molecule has 4 heteroatoms. The lowest BCUT2D eigenvalue weighted by molar-refractivity contribution is 0.0157. The van der Waals surface area contributed by atoms with E-state index >= 15 is 0 Å². The molecule has 6 aliphatic rings. The maximum absolute atomic E-state index is 2.82. The Bertz CT molecular complexity index is 1220. The average Bonchev–Trinajstić information content (AvgIpc) is 3.12. The predicted molar refractivity (Wildman–Crippen MR) is 191 cm³/mol. The van der Waals surface area contributed by atoms with Crippen LogP contribution in [0.4, 0.5) is 0 Å². The number of benzene rings is 4. The third-order valence-electron chi connectivity index (χ3n) is 10.9. The first kappa shape index (κ1) is 31.3. The molecular formula is C42H52N4. The van der Waals surface area contributed by atoms with Gasteiger partial charge >= 0.3 is 0 Å². The summed E-state index contributed by atoms with van der Waals surface area (Å²) in [5.74, 6) is 0. The molecule has 4 aromatic rings. The average molecular weight is 613 g/mol. The minimum Gasteiger partial charge on any atom is -0.293 e. The highest BCUT2D eigenvalue weighted by Gasteiger charge is 2.36. The van der Waals surface area contributed by atoms with Crippen LogP contribution in [0, 0.1) is 0 Å². The van der Waals surface area contributed by atoms with E-state index in [1.54, 1.807) is 0 Å². The Hall–Kier alpha value is -3.28. The molecule has 0 radical (unpaired) electrons. The molecule has 6 saturated heterocycles. The van der Waals surface area contributed by atoms with Crippen molar-refractivity contribution in [1.29, 1.82) is 0 Å². The van der Waals surface area contributed by atoms with Gasteiger partial charge in [-0.1, -0.05) is 134 Å². The van der Waals surface area contributed by atoms with E-state index in [-0.39, 0.29) is 0 Å². The first-order chi connectivity index (χ1) is 22.8. The largest absolute Gasteiger partial charge is 0.293 e. The molecule has 6 aliphatic heterocycles. The second-order valence-electron chi connectivity index (χ2n) is 13.8. The van der Waals surface area contributed by atoms with Crippen molar-refractivity contribution >= 4 is 0 Å². The van der Waals surface area contributed by atoms with Crippen molar-refractivity contribution in [1.82, 2.24) is 19.6 Å². The van der Waals surface area contributed by atoms with Gasteiger partial charge in [-0.3, -0.25) is 19.6 Å². The Morgan fingerprint density at radius 3 is 0.717 bits per heavy atom. The molecule has 240 valence electrons. The molecule has 0 spiro atoms. The number of hydrogen-bond acceptors (Lipinski definition) is 4. The molecule has 0 amide bonds. The van der Waals surface area contributed by atoms with Gasteiger partial charge in [0.25, 0.3) is 0 Å². The van der Waals surface area contributed by atoms with Gasteiger partial charge in [-0.15, -0.1) is 0 Å². The minimum atomic E-state index is 0.458. The molecule has 0 aromatic heterocycles. The van der Waals surface area contributed by atoms with Gasteiger partial charge in [0.1, 0.15) is 0 Å². The number of piperazine rings is 2. The van der Waals surface area contributed by atoms with Crippen molar-refractivity contribution in [2.75, 3.05) is 52.4 Å². The van der Waals surface area contributed by atoms with Crippen molar-refractivity contribution in [3.63, 3.8) is 0 Å². The van der Waals surface area contributed by atoms with Crippen molar-refractivity contribution in [2.45, 2.75) is 62.7 Å². The van der Waals surface area contributed by atoms with Crippen molar-refractivity contribution < 1.29 is 0 Å². The molecule has 6 heterocycles. The third-order valence-corrected chi connectivity index (χ3v) is 10.9. The fourth-order valence-electron chi connectivity index (χ4n) is 8.43. The lowest BCUT2D eigenvalue weighted by Gasteiger charge is -2.48. The number of nitrogens with zero attached hydrogens (tertiary/aromatic N) is 4. The molecule has 8 atom stereocenters. The predicted octanol–water partition coefficient (Wildman–Crippen LogP) is 8.54. The molecule has 4 nitrogen and oxygen atoms in total. The van der Waals surface area contributed by atoms with E-state index in [9.17, 15) is 0 Å². The maximum atomic E-state index is 2.82. The van der Waals surface area contributed by atoms with Crippen LogP contribution in [0.1, 0.15) is 84.9 Å². The normalized spacial score (nSPS) is 31.1. The SMILES string of the molecule is c1ccc(C2CN3CCCCCN4CC(c5ccccc5)N(CCCCCN2CC3c2ccccc2)CC4c2ccccc2)cc1. The van der Waals surface area contributed by atoms with Crippen LogP contribution in [0.25, 0.3) is 0 Å². The summed E-state index contributed by atoms with van der Waals surface area (Å²) in [6, 6.07) is 47.2. The Morgan fingerprint density at radius 1 is 0.283 bits per heavy atom. The third kappa shape index (κ3) is 7.47. The van der Waals surface area contributed by atoms with Gasteiger partial charge in [-0.05, 0) is 74.1 Å². The van der Waals surface area contributed by atoms with E-state index < -0.39 is 0 Å². The zero-order valence-corrected chi connectivity index (χ0v) is 27.5. The summed E-state index contributed by atoms with van der Waals surface area (Å²) in [5, 5.41) is 0. The van der Waals surface area contributed by atoms with Crippen molar-refractivity contribution in [2.24, 2.45) is 0 Å². The Balaban J connectivity index is 1.14. The zero-order chi connectivity index (χ0) is 31.0. The lowest BCUT2D eigenvalue weighted by atomic mass is 9.93. The van der Waals surface area contributed by atoms with Gasteiger partial charge < -0.3 is 0 Å². The van der Waals surface area contributed by atoms with Crippen LogP contribution in [-0.4, -0.2) is 72.0 Å². The van der Waals surface area contributed by atoms with E-state index in [4.69, 9.17) is 0 Å². The maximum Gasteiger partial charge on any atom is 0.0476 e. The van der Waals surface area contributed by atoms with Crippen LogP contribution in [0.5, 0.6) is 0 Å². The molecule has 0 saturated carbocycles. The van der Waals surface area contributed by atoms with Gasteiger partial charge in [0, 0.05) is 50.3 Å². The monoisotopic (exact) mass is 612 g/mol. The van der Waals surface area contributed by atoms with E-state index in [0.29, 0.717) is 24.2 Å². The van der Waals surface area contributed by atoms with E-state index in [1.165, 1.54) is 87.0 Å². The lowest BCUT2D eigenvalue weighted by Crippen LogP contribution is -2.51. The summed E-state index contributed by atoms with van der Waals surface area (Å²) in [5.41, 5.74) is 5.90. The second-order valence-corrected chi connectivity index (χ2v) is 13.8. The molecule has 0 N–H and O–H groups in total. The van der Waals surface area contributed by atoms with Crippen LogP contribution in [-0.2, 0) is 0 Å². The highest BCUT2D eigenvalue weighted by molar-refractivity contribution is 5.26. The summed E-state index contributed by atoms with van der Waals surface area (Å²) in [7, 11) is 0. The van der Waals surface area contributed by atoms with Crippen molar-refractivity contribution in [3.05, 3.63) is 144 Å². The molecule has 46 heavy (non-hydrogen) atoms. The molecule has 6 fully saturated rings. The molecule has 4 aromatic carbocycles. The minimum absolute atomic E-state index is 0.458. The van der Waals surface area contributed by atoms with Gasteiger partial charge in [-0.2, -0.15) is 0 Å². The summed E-state index contributed by atoms with van der Waals surface area (Å²) in [6.45, 7) is 9.10. The van der Waals surface area contributed by atoms with Crippen LogP contribution < -0.4 is 0 Å². The smallest absolute Gasteiger partial charge is 0.0476 e. The summed E-state index contributed by atoms with van der Waals surface area (Å²) in [4.78, 5) is 11.3. The van der Waals surface area contributed by atoms with Gasteiger partial charge in [0.15, 0.2) is 0 Å². The quantitative estimate of drug-likeness (QED) is 0.229. The van der Waals surface area contributed by atoms with Crippen molar-refractivity contribution in [3.8, 4) is 0 Å². The molecule has 10 rings (SSSR count). The first-order valence-electron chi connectivity index (χ1n) is 18.0. The summed E-state index contributed by atoms with van der Waals surface area (Å²) < 4.78 is 0. The zero-order valence-electron chi connectivity index (χ0n) is 27.5. The van der Waals surface area contributed by atoms with Crippen LogP contribution in [0.2, 0.25) is 0 Å². The van der Waals surface area contributed by atoms with Gasteiger partial charge in [0.05, 0.1) is 0 Å².